The van der Waals surface area contributed by atoms with Crippen molar-refractivity contribution in [3.05, 3.63) is 69.6 Å². The second kappa shape index (κ2) is 5.75. The summed E-state index contributed by atoms with van der Waals surface area (Å²) in [6.45, 7) is 0. The number of thiazole rings is 1. The number of hydrogen-bond donors (Lipinski definition) is 2. The van der Waals surface area contributed by atoms with Crippen molar-refractivity contribution in [1.29, 1.82) is 0 Å². The summed E-state index contributed by atoms with van der Waals surface area (Å²) in [5.41, 5.74) is 0.257. The van der Waals surface area contributed by atoms with E-state index >= 15 is 0 Å². The van der Waals surface area contributed by atoms with Crippen molar-refractivity contribution in [2.45, 2.75) is 0 Å². The average molecular weight is 357 g/mol. The molecule has 2 N–H and O–H groups in total. The first-order valence-corrected chi connectivity index (χ1v) is 7.99. The first-order chi connectivity index (χ1) is 12.0. The molecule has 0 atom stereocenters. The summed E-state index contributed by atoms with van der Waals surface area (Å²) in [6, 6.07) is 9.77. The van der Waals surface area contributed by atoms with Crippen LogP contribution >= 0.6 is 11.3 Å². The highest BCUT2D eigenvalue weighted by molar-refractivity contribution is 7.17. The van der Waals surface area contributed by atoms with Gasteiger partial charge in [0.15, 0.2) is 5.13 Å². The fourth-order valence-corrected chi connectivity index (χ4v) is 3.43. The molecule has 0 unspecified atom stereocenters. The summed E-state index contributed by atoms with van der Waals surface area (Å²) in [4.78, 5) is 20.1. The normalized spacial score (nSPS) is 12.9. The molecule has 0 saturated carbocycles. The number of amides is 1. The molecule has 0 saturated heterocycles. The molecule has 1 aromatic heterocycles. The van der Waals surface area contributed by atoms with E-state index < -0.39 is 23.4 Å². The predicted molar refractivity (Wildman–Crippen MR) is 88.2 cm³/mol. The third-order valence-corrected chi connectivity index (χ3v) is 4.59. The Labute approximate surface area is 143 Å². The molecule has 1 amide bonds. The largest absolute Gasteiger partial charge is 0.492 e. The van der Waals surface area contributed by atoms with Crippen molar-refractivity contribution in [3.63, 3.8) is 0 Å². The van der Waals surface area contributed by atoms with Gasteiger partial charge in [-0.05, 0) is 30.3 Å². The second-order valence-electron chi connectivity index (χ2n) is 5.23. The summed E-state index contributed by atoms with van der Waals surface area (Å²) < 4.78 is 27.2. The van der Waals surface area contributed by atoms with Gasteiger partial charge in [-0.15, -0.1) is 0 Å². The average Bonchev–Trinajstić information content (AvgIpc) is 3.08. The molecule has 25 heavy (non-hydrogen) atoms. The Kier molecular flexibility index (Phi) is 3.54. The smallest absolute Gasteiger partial charge is 0.279 e. The number of para-hydroxylation sites is 1. The molecule has 2 aromatic carbocycles. The number of rotatable bonds is 3. The van der Waals surface area contributed by atoms with Crippen LogP contribution in [0.1, 0.15) is 4.88 Å². The Morgan fingerprint density at radius 1 is 1.12 bits per heavy atom. The van der Waals surface area contributed by atoms with Gasteiger partial charge in [-0.3, -0.25) is 4.79 Å². The molecule has 1 aliphatic heterocycles. The van der Waals surface area contributed by atoms with E-state index in [2.05, 4.69) is 15.3 Å². The van der Waals surface area contributed by atoms with Crippen LogP contribution in [0.5, 0.6) is 5.88 Å². The number of aromatic hydroxyl groups is 1. The molecule has 0 bridgehead atoms. The summed E-state index contributed by atoms with van der Waals surface area (Å²) >= 11 is 0.954. The highest BCUT2D eigenvalue weighted by atomic mass is 32.1. The van der Waals surface area contributed by atoms with E-state index in [0.717, 1.165) is 11.3 Å². The van der Waals surface area contributed by atoms with Gasteiger partial charge in [0.2, 0.25) is 5.88 Å². The number of halogens is 2. The number of anilines is 2. The number of carbonyl (C=O) groups is 1. The van der Waals surface area contributed by atoms with E-state index in [9.17, 15) is 18.7 Å². The number of aromatic nitrogens is 1. The maximum absolute atomic E-state index is 13.7. The van der Waals surface area contributed by atoms with Crippen LogP contribution in [0.4, 0.5) is 19.6 Å². The molecule has 0 radical (unpaired) electrons. The highest BCUT2D eigenvalue weighted by Gasteiger charge is 2.25. The van der Waals surface area contributed by atoms with Gasteiger partial charge in [0, 0.05) is 5.22 Å². The molecule has 8 heteroatoms. The standard InChI is InChI=1S/C17H9F2N3O2S/c18-8-5-6-11-9(7-8)13(15(23)20-11)14-16(24)22-17(25-14)21-12-4-2-1-3-10(12)19/h1-7,24H,(H,21,22). The number of benzene rings is 2. The first-order valence-electron chi connectivity index (χ1n) is 7.17. The van der Waals surface area contributed by atoms with E-state index in [1.165, 1.54) is 30.3 Å². The van der Waals surface area contributed by atoms with Gasteiger partial charge in [-0.1, -0.05) is 23.5 Å². The van der Waals surface area contributed by atoms with Crippen LogP contribution in [-0.4, -0.2) is 16.0 Å². The van der Waals surface area contributed by atoms with Crippen molar-refractivity contribution in [2.24, 2.45) is 4.99 Å². The maximum atomic E-state index is 13.7. The predicted octanol–water partition coefficient (Wildman–Crippen LogP) is 2.23. The van der Waals surface area contributed by atoms with Gasteiger partial charge in [0.1, 0.15) is 16.5 Å². The van der Waals surface area contributed by atoms with Crippen molar-refractivity contribution >= 4 is 33.6 Å². The lowest BCUT2D eigenvalue weighted by molar-refractivity contribution is -0.112. The van der Waals surface area contributed by atoms with Crippen LogP contribution in [-0.2, 0) is 4.79 Å². The molecule has 5 nitrogen and oxygen atoms in total. The Bertz CT molecular complexity index is 1140. The minimum absolute atomic E-state index is 0.0751. The Balaban J connectivity index is 1.82. The van der Waals surface area contributed by atoms with E-state index in [4.69, 9.17) is 0 Å². The second-order valence-corrected chi connectivity index (χ2v) is 6.23. The summed E-state index contributed by atoms with van der Waals surface area (Å²) in [7, 11) is 0. The van der Waals surface area contributed by atoms with Crippen molar-refractivity contribution in [1.82, 2.24) is 4.98 Å². The van der Waals surface area contributed by atoms with Crippen LogP contribution in [0, 0.1) is 11.6 Å². The fourth-order valence-electron chi connectivity index (χ4n) is 2.51. The number of nitrogens with zero attached hydrogens (tertiary/aromatic N) is 2. The SMILES string of the molecule is O=C1N=c2ccc(F)cc2=C1c1sc(Nc2ccccc2F)nc1O. The lowest BCUT2D eigenvalue weighted by Gasteiger charge is -2.02. The zero-order chi connectivity index (χ0) is 17.6. The van der Waals surface area contributed by atoms with Crippen molar-refractivity contribution in [3.8, 4) is 5.88 Å². The van der Waals surface area contributed by atoms with Gasteiger partial charge in [-0.25, -0.2) is 13.8 Å². The number of fused-ring (bicyclic) bond motifs is 1. The molecule has 4 rings (SSSR count). The molecule has 3 aromatic rings. The lowest BCUT2D eigenvalue weighted by Crippen LogP contribution is -2.23. The topological polar surface area (TPSA) is 74.6 Å². The van der Waals surface area contributed by atoms with E-state index in [1.807, 2.05) is 0 Å². The van der Waals surface area contributed by atoms with Crippen LogP contribution in [0.3, 0.4) is 0 Å². The lowest BCUT2D eigenvalue weighted by atomic mass is 10.1. The van der Waals surface area contributed by atoms with Crippen LogP contribution in [0.2, 0.25) is 0 Å². The Morgan fingerprint density at radius 3 is 2.72 bits per heavy atom. The van der Waals surface area contributed by atoms with Gasteiger partial charge in [0.05, 0.1) is 16.6 Å². The van der Waals surface area contributed by atoms with Crippen LogP contribution < -0.4 is 15.9 Å². The van der Waals surface area contributed by atoms with Crippen molar-refractivity contribution in [2.75, 3.05) is 5.32 Å². The number of carbonyl (C=O) groups excluding carboxylic acids is 1. The van der Waals surface area contributed by atoms with E-state index in [0.29, 0.717) is 10.6 Å². The van der Waals surface area contributed by atoms with E-state index in [1.54, 1.807) is 12.1 Å². The summed E-state index contributed by atoms with van der Waals surface area (Å²) in [5, 5.41) is 13.7. The molecule has 1 aliphatic rings. The summed E-state index contributed by atoms with van der Waals surface area (Å²) in [6.07, 6.45) is 0. The molecular weight excluding hydrogens is 348 g/mol. The summed E-state index contributed by atoms with van der Waals surface area (Å²) in [5.74, 6) is -1.99. The van der Waals surface area contributed by atoms with Gasteiger partial charge in [-0.2, -0.15) is 4.98 Å². The molecule has 2 heterocycles. The van der Waals surface area contributed by atoms with Gasteiger partial charge < -0.3 is 10.4 Å². The molecule has 0 aliphatic carbocycles. The number of nitrogens with one attached hydrogen (secondary N) is 1. The third-order valence-electron chi connectivity index (χ3n) is 3.62. The maximum Gasteiger partial charge on any atom is 0.279 e. The molecular formula is C17H9F2N3O2S. The minimum Gasteiger partial charge on any atom is -0.492 e. The van der Waals surface area contributed by atoms with E-state index in [-0.39, 0.29) is 21.3 Å². The molecule has 0 spiro atoms. The van der Waals surface area contributed by atoms with Gasteiger partial charge in [0.25, 0.3) is 5.91 Å². The Hall–Kier alpha value is -3.13. The molecule has 124 valence electrons. The number of hydrogen-bond acceptors (Lipinski definition) is 5. The van der Waals surface area contributed by atoms with Crippen LogP contribution in [0.15, 0.2) is 47.5 Å². The zero-order valence-electron chi connectivity index (χ0n) is 12.5. The fraction of sp³-hybridized carbons (Fsp3) is 0. The van der Waals surface area contributed by atoms with Crippen molar-refractivity contribution < 1.29 is 18.7 Å². The third kappa shape index (κ3) is 2.66. The Morgan fingerprint density at radius 2 is 1.92 bits per heavy atom. The monoisotopic (exact) mass is 357 g/mol. The zero-order valence-corrected chi connectivity index (χ0v) is 13.3. The minimum atomic E-state index is -0.586. The first kappa shape index (κ1) is 15.4. The molecule has 0 fully saturated rings. The van der Waals surface area contributed by atoms with Gasteiger partial charge >= 0.3 is 0 Å². The van der Waals surface area contributed by atoms with Crippen LogP contribution in [0.25, 0.3) is 5.57 Å². The quantitative estimate of drug-likeness (QED) is 0.754. The highest BCUT2D eigenvalue weighted by Crippen LogP contribution is 2.35.